The summed E-state index contributed by atoms with van der Waals surface area (Å²) in [4.78, 5) is 0. The fraction of sp³-hybridized carbons (Fsp3) is 0.429. The Morgan fingerprint density at radius 2 is 2.50 bits per heavy atom. The van der Waals surface area contributed by atoms with Gasteiger partial charge < -0.3 is 0 Å². The van der Waals surface area contributed by atoms with E-state index in [0.29, 0.717) is 0 Å². The van der Waals surface area contributed by atoms with Gasteiger partial charge >= 0.3 is 0 Å². The maximum absolute atomic E-state index is 2.44. The first-order valence-electron chi connectivity index (χ1n) is 2.78. The van der Waals surface area contributed by atoms with E-state index < -0.39 is 0 Å². The molecule has 1 aliphatic rings. The number of hydrogen-bond donors (Lipinski definition) is 0. The first-order valence-corrected chi connectivity index (χ1v) is 4.02. The van der Waals surface area contributed by atoms with Crippen molar-refractivity contribution in [3.8, 4) is 0 Å². The molecule has 1 heteroatoms. The summed E-state index contributed by atoms with van der Waals surface area (Å²) in [7, 11) is 0. The van der Waals surface area contributed by atoms with Crippen LogP contribution in [0.4, 0.5) is 0 Å². The third kappa shape index (κ3) is 1.62. The molecule has 0 saturated carbocycles. The van der Waals surface area contributed by atoms with Gasteiger partial charge in [0.05, 0.1) is 0 Å². The molecule has 0 aliphatic heterocycles. The zero-order valence-corrected chi connectivity index (χ0v) is 7.05. The summed E-state index contributed by atoms with van der Waals surface area (Å²) in [5.74, 6) is 0. The van der Waals surface area contributed by atoms with Gasteiger partial charge in [-0.1, -0.05) is 46.4 Å². The molecule has 0 aromatic rings. The van der Waals surface area contributed by atoms with Gasteiger partial charge in [-0.25, -0.2) is 0 Å². The van der Waals surface area contributed by atoms with Crippen LogP contribution in [0.5, 0.6) is 0 Å². The average molecular weight is 220 g/mol. The molecule has 0 bridgehead atoms. The lowest BCUT2D eigenvalue weighted by atomic mass is 10.1. The summed E-state index contributed by atoms with van der Waals surface area (Å²) in [6, 6.07) is 0. The first kappa shape index (κ1) is 6.33. The van der Waals surface area contributed by atoms with Gasteiger partial charge in [-0.15, -0.1) is 0 Å². The van der Waals surface area contributed by atoms with Gasteiger partial charge in [0, 0.05) is 3.92 Å². The van der Waals surface area contributed by atoms with Crippen LogP contribution in [-0.4, -0.2) is 3.92 Å². The highest BCUT2D eigenvalue weighted by Crippen LogP contribution is 2.15. The van der Waals surface area contributed by atoms with Gasteiger partial charge in [0.2, 0.25) is 0 Å². The van der Waals surface area contributed by atoms with E-state index in [2.05, 4.69) is 47.7 Å². The van der Waals surface area contributed by atoms with Gasteiger partial charge in [0.25, 0.3) is 0 Å². The second kappa shape index (κ2) is 2.67. The zero-order valence-electron chi connectivity index (χ0n) is 4.89. The number of rotatable bonds is 0. The number of alkyl halides is 1. The Morgan fingerprint density at radius 3 is 2.88 bits per heavy atom. The molecule has 1 aliphatic carbocycles. The Labute approximate surface area is 63.8 Å². The molecule has 0 N–H and O–H groups in total. The molecule has 0 unspecified atom stereocenters. The Bertz CT molecular complexity index is 133. The lowest BCUT2D eigenvalue weighted by Crippen LogP contribution is -1.93. The van der Waals surface area contributed by atoms with Crippen molar-refractivity contribution in [2.24, 2.45) is 0 Å². The molecule has 0 spiro atoms. The van der Waals surface area contributed by atoms with E-state index in [-0.39, 0.29) is 0 Å². The summed E-state index contributed by atoms with van der Waals surface area (Å²) < 4.78 is 0.733. The maximum atomic E-state index is 2.44. The monoisotopic (exact) mass is 220 g/mol. The predicted molar refractivity (Wildman–Crippen MR) is 45.3 cm³/mol. The van der Waals surface area contributed by atoms with Crippen LogP contribution in [-0.2, 0) is 0 Å². The molecule has 1 rings (SSSR count). The second-order valence-corrected chi connectivity index (χ2v) is 3.66. The van der Waals surface area contributed by atoms with Crippen LogP contribution in [0.25, 0.3) is 0 Å². The van der Waals surface area contributed by atoms with E-state index in [9.17, 15) is 0 Å². The van der Waals surface area contributed by atoms with Crippen LogP contribution in [0.1, 0.15) is 13.3 Å². The molecule has 8 heavy (non-hydrogen) atoms. The number of hydrogen-bond acceptors (Lipinski definition) is 0. The standard InChI is InChI=1S/C7H9I/c1-6-2-4-7(8)5-3-6/h2-4,7H,5H2,1H3/t7-/m0/s1. The molecule has 0 amide bonds. The zero-order chi connectivity index (χ0) is 5.98. The Hall–Kier alpha value is 0.210. The molecule has 0 heterocycles. The lowest BCUT2D eigenvalue weighted by molar-refractivity contribution is 1.07. The van der Waals surface area contributed by atoms with Crippen molar-refractivity contribution in [2.45, 2.75) is 17.3 Å². The molecule has 0 aromatic carbocycles. The summed E-state index contributed by atoms with van der Waals surface area (Å²) in [5.41, 5.74) is 1.40. The molecule has 44 valence electrons. The van der Waals surface area contributed by atoms with Gasteiger partial charge in [-0.2, -0.15) is 0 Å². The van der Waals surface area contributed by atoms with E-state index in [1.54, 1.807) is 0 Å². The van der Waals surface area contributed by atoms with E-state index in [4.69, 9.17) is 0 Å². The normalized spacial score (nSPS) is 27.8. The fourth-order valence-corrected chi connectivity index (χ4v) is 1.16. The quantitative estimate of drug-likeness (QED) is 0.435. The van der Waals surface area contributed by atoms with Crippen LogP contribution in [0.15, 0.2) is 23.8 Å². The van der Waals surface area contributed by atoms with Crippen molar-refractivity contribution < 1.29 is 0 Å². The Morgan fingerprint density at radius 1 is 1.75 bits per heavy atom. The molecule has 0 nitrogen and oxygen atoms in total. The molecular weight excluding hydrogens is 211 g/mol. The van der Waals surface area contributed by atoms with Crippen molar-refractivity contribution in [3.63, 3.8) is 0 Å². The van der Waals surface area contributed by atoms with Crippen molar-refractivity contribution in [3.05, 3.63) is 23.8 Å². The SMILES string of the molecule is CC1=CC[C@@H](I)C=C1. The summed E-state index contributed by atoms with van der Waals surface area (Å²) in [6.45, 7) is 2.14. The average Bonchev–Trinajstić information content (AvgIpc) is 1.77. The number of allylic oxidation sites excluding steroid dienone is 4. The molecule has 1 atom stereocenters. The third-order valence-corrected chi connectivity index (χ3v) is 2.16. The highest BCUT2D eigenvalue weighted by Gasteiger charge is 1.99. The van der Waals surface area contributed by atoms with Crippen LogP contribution in [0.2, 0.25) is 0 Å². The molecule has 0 fully saturated rings. The van der Waals surface area contributed by atoms with E-state index in [1.165, 1.54) is 12.0 Å². The lowest BCUT2D eigenvalue weighted by Gasteiger charge is -2.05. The summed E-state index contributed by atoms with van der Waals surface area (Å²) in [5, 5.41) is 0. The fourth-order valence-electron chi connectivity index (χ4n) is 0.701. The van der Waals surface area contributed by atoms with Gasteiger partial charge in [-0.3, -0.25) is 0 Å². The first-order chi connectivity index (χ1) is 3.79. The van der Waals surface area contributed by atoms with Crippen LogP contribution in [0, 0.1) is 0 Å². The minimum atomic E-state index is 0.733. The molecule has 0 radical (unpaired) electrons. The van der Waals surface area contributed by atoms with Crippen molar-refractivity contribution in [1.82, 2.24) is 0 Å². The van der Waals surface area contributed by atoms with E-state index >= 15 is 0 Å². The largest absolute Gasteiger partial charge is 0.0803 e. The van der Waals surface area contributed by atoms with Crippen LogP contribution < -0.4 is 0 Å². The minimum absolute atomic E-state index is 0.733. The van der Waals surface area contributed by atoms with Crippen molar-refractivity contribution >= 4 is 22.6 Å². The van der Waals surface area contributed by atoms with Gasteiger partial charge in [-0.05, 0) is 13.3 Å². The Kier molecular flexibility index (Phi) is 2.11. The smallest absolute Gasteiger partial charge is 0.0327 e. The van der Waals surface area contributed by atoms with Crippen LogP contribution in [0.3, 0.4) is 0 Å². The van der Waals surface area contributed by atoms with Gasteiger partial charge in [0.15, 0.2) is 0 Å². The van der Waals surface area contributed by atoms with Gasteiger partial charge in [0.1, 0.15) is 0 Å². The highest BCUT2D eigenvalue weighted by molar-refractivity contribution is 14.1. The highest BCUT2D eigenvalue weighted by atomic mass is 127. The van der Waals surface area contributed by atoms with Crippen molar-refractivity contribution in [1.29, 1.82) is 0 Å². The summed E-state index contributed by atoms with van der Waals surface area (Å²) >= 11 is 2.44. The Balaban J connectivity index is 2.58. The molecule has 0 aromatic heterocycles. The summed E-state index contributed by atoms with van der Waals surface area (Å²) in [6.07, 6.45) is 7.91. The maximum Gasteiger partial charge on any atom is 0.0327 e. The predicted octanol–water partition coefficient (Wildman–Crippen LogP) is 2.70. The topological polar surface area (TPSA) is 0 Å². The van der Waals surface area contributed by atoms with Crippen molar-refractivity contribution in [2.75, 3.05) is 0 Å². The third-order valence-electron chi connectivity index (χ3n) is 1.23. The minimum Gasteiger partial charge on any atom is -0.0803 e. The second-order valence-electron chi connectivity index (χ2n) is 2.06. The number of halogens is 1. The molecular formula is C7H9I. The molecule has 0 saturated heterocycles. The van der Waals surface area contributed by atoms with E-state index in [0.717, 1.165) is 3.92 Å². The van der Waals surface area contributed by atoms with E-state index in [1.807, 2.05) is 0 Å². The van der Waals surface area contributed by atoms with Crippen LogP contribution >= 0.6 is 22.6 Å².